The quantitative estimate of drug-likeness (QED) is 0.363. The molecule has 7 heteroatoms. The van der Waals surface area contributed by atoms with Crippen molar-refractivity contribution < 1.29 is 9.18 Å². The molecule has 6 rings (SSSR count). The average molecular weight is 528 g/mol. The number of aromatic amines is 1. The van der Waals surface area contributed by atoms with Crippen molar-refractivity contribution in [2.75, 3.05) is 37.2 Å². The van der Waals surface area contributed by atoms with E-state index in [2.05, 4.69) is 46.1 Å². The summed E-state index contributed by atoms with van der Waals surface area (Å²) in [6.45, 7) is 9.13. The number of carbonyl (C=O) groups is 1. The SMILES string of the molecule is CC(C)(c1cc2c([nH]1)CCC(C(=O)Nc1cc(-c3ccc(F)cc3)ccc1N)C=C2)N1CCN(C2CC2)CC1. The van der Waals surface area contributed by atoms with E-state index in [1.54, 1.807) is 18.2 Å². The van der Waals surface area contributed by atoms with Crippen molar-refractivity contribution in [2.24, 2.45) is 5.92 Å². The Morgan fingerprint density at radius 2 is 1.72 bits per heavy atom. The summed E-state index contributed by atoms with van der Waals surface area (Å²) >= 11 is 0. The lowest BCUT2D eigenvalue weighted by Crippen LogP contribution is -2.53. The van der Waals surface area contributed by atoms with Crippen LogP contribution in [-0.4, -0.2) is 52.9 Å². The first-order chi connectivity index (χ1) is 18.8. The lowest BCUT2D eigenvalue weighted by atomic mass is 9.96. The minimum absolute atomic E-state index is 0.0699. The van der Waals surface area contributed by atoms with E-state index in [1.807, 2.05) is 18.2 Å². The molecule has 1 aromatic heterocycles. The molecule has 39 heavy (non-hydrogen) atoms. The highest BCUT2D eigenvalue weighted by atomic mass is 19.1. The number of nitrogens with zero attached hydrogens (tertiary/aromatic N) is 2. The number of rotatable bonds is 6. The van der Waals surface area contributed by atoms with Crippen molar-refractivity contribution in [1.29, 1.82) is 0 Å². The van der Waals surface area contributed by atoms with Gasteiger partial charge in [0.25, 0.3) is 0 Å². The molecule has 1 unspecified atom stereocenters. The number of amides is 1. The number of aryl methyl sites for hydroxylation is 1. The van der Waals surface area contributed by atoms with Gasteiger partial charge in [0.1, 0.15) is 5.82 Å². The topological polar surface area (TPSA) is 77.4 Å². The van der Waals surface area contributed by atoms with Crippen LogP contribution in [-0.2, 0) is 16.8 Å². The second-order valence-electron chi connectivity index (χ2n) is 11.7. The van der Waals surface area contributed by atoms with Crippen LogP contribution in [0, 0.1) is 11.7 Å². The van der Waals surface area contributed by atoms with Crippen molar-refractivity contribution in [2.45, 2.75) is 51.1 Å². The van der Waals surface area contributed by atoms with Crippen LogP contribution in [0.2, 0.25) is 0 Å². The van der Waals surface area contributed by atoms with Gasteiger partial charge in [-0.15, -0.1) is 0 Å². The van der Waals surface area contributed by atoms with Gasteiger partial charge in [0.15, 0.2) is 0 Å². The normalized spacial score (nSPS) is 20.4. The summed E-state index contributed by atoms with van der Waals surface area (Å²) in [6.07, 6.45) is 8.36. The van der Waals surface area contributed by atoms with Gasteiger partial charge in [-0.25, -0.2) is 4.39 Å². The van der Waals surface area contributed by atoms with Crippen molar-refractivity contribution in [3.63, 3.8) is 0 Å². The monoisotopic (exact) mass is 527 g/mol. The van der Waals surface area contributed by atoms with Crippen LogP contribution in [0.3, 0.4) is 0 Å². The molecule has 3 aliphatic rings. The number of hydrogen-bond acceptors (Lipinski definition) is 4. The Hall–Kier alpha value is -3.42. The van der Waals surface area contributed by atoms with E-state index in [0.29, 0.717) is 17.8 Å². The fourth-order valence-electron chi connectivity index (χ4n) is 6.00. The summed E-state index contributed by atoms with van der Waals surface area (Å²) in [7, 11) is 0. The number of aromatic nitrogens is 1. The number of nitrogens with one attached hydrogen (secondary N) is 2. The molecule has 6 nitrogen and oxygen atoms in total. The Bertz CT molecular complexity index is 1380. The van der Waals surface area contributed by atoms with E-state index in [-0.39, 0.29) is 23.2 Å². The predicted octanol–water partition coefficient (Wildman–Crippen LogP) is 5.63. The van der Waals surface area contributed by atoms with Crippen LogP contribution in [0.25, 0.3) is 17.2 Å². The lowest BCUT2D eigenvalue weighted by Gasteiger charge is -2.44. The van der Waals surface area contributed by atoms with Gasteiger partial charge in [-0.2, -0.15) is 0 Å². The zero-order valence-corrected chi connectivity index (χ0v) is 22.8. The third-order valence-electron chi connectivity index (χ3n) is 8.80. The molecule has 2 fully saturated rings. The number of piperazine rings is 1. The number of benzene rings is 2. The Kier molecular flexibility index (Phi) is 6.81. The molecule has 0 radical (unpaired) electrons. The van der Waals surface area contributed by atoms with E-state index in [1.165, 1.54) is 41.9 Å². The molecule has 2 aliphatic carbocycles. The number of carbonyl (C=O) groups excluding carboxylic acids is 1. The third kappa shape index (κ3) is 5.38. The van der Waals surface area contributed by atoms with Crippen LogP contribution >= 0.6 is 0 Å². The molecular weight excluding hydrogens is 489 g/mol. The molecule has 2 heterocycles. The second kappa shape index (κ2) is 10.3. The average Bonchev–Trinajstić information content (AvgIpc) is 3.73. The minimum Gasteiger partial charge on any atom is -0.397 e. The van der Waals surface area contributed by atoms with E-state index >= 15 is 0 Å². The molecule has 1 saturated heterocycles. The summed E-state index contributed by atoms with van der Waals surface area (Å²) < 4.78 is 13.3. The van der Waals surface area contributed by atoms with Crippen LogP contribution in [0.4, 0.5) is 15.8 Å². The number of anilines is 2. The first kappa shape index (κ1) is 25.8. The second-order valence-corrected chi connectivity index (χ2v) is 11.7. The minimum atomic E-state index is -0.282. The molecule has 1 aliphatic heterocycles. The largest absolute Gasteiger partial charge is 0.397 e. The van der Waals surface area contributed by atoms with Crippen molar-refractivity contribution in [3.8, 4) is 11.1 Å². The number of nitrogen functional groups attached to an aromatic ring is 1. The van der Waals surface area contributed by atoms with Crippen LogP contribution in [0.1, 0.15) is 50.1 Å². The Balaban J connectivity index is 1.12. The molecule has 1 atom stereocenters. The molecule has 204 valence electrons. The maximum atomic E-state index is 13.3. The van der Waals surface area contributed by atoms with Crippen molar-refractivity contribution in [3.05, 3.63) is 77.4 Å². The first-order valence-corrected chi connectivity index (χ1v) is 14.1. The highest BCUT2D eigenvalue weighted by Gasteiger charge is 2.37. The predicted molar refractivity (Wildman–Crippen MR) is 156 cm³/mol. The van der Waals surface area contributed by atoms with E-state index in [9.17, 15) is 9.18 Å². The molecule has 1 saturated carbocycles. The van der Waals surface area contributed by atoms with Gasteiger partial charge in [-0.1, -0.05) is 30.4 Å². The Morgan fingerprint density at radius 3 is 2.44 bits per heavy atom. The van der Waals surface area contributed by atoms with Gasteiger partial charge in [-0.3, -0.25) is 14.6 Å². The molecule has 1 amide bonds. The Morgan fingerprint density at radius 1 is 1.00 bits per heavy atom. The van der Waals surface area contributed by atoms with Crippen LogP contribution in [0.5, 0.6) is 0 Å². The van der Waals surface area contributed by atoms with Gasteiger partial charge < -0.3 is 16.0 Å². The van der Waals surface area contributed by atoms with Gasteiger partial charge in [0, 0.05) is 43.6 Å². The van der Waals surface area contributed by atoms with Gasteiger partial charge in [-0.05, 0) is 86.6 Å². The summed E-state index contributed by atoms with van der Waals surface area (Å²) in [5.41, 5.74) is 12.5. The number of halogens is 1. The van der Waals surface area contributed by atoms with E-state index in [4.69, 9.17) is 5.73 Å². The number of nitrogens with two attached hydrogens (primary N) is 1. The Labute approximate surface area is 230 Å². The van der Waals surface area contributed by atoms with Crippen molar-refractivity contribution >= 4 is 23.4 Å². The fraction of sp³-hybridized carbons (Fsp3) is 0.406. The molecule has 4 N–H and O–H groups in total. The maximum Gasteiger partial charge on any atom is 0.231 e. The molecule has 2 aromatic carbocycles. The summed E-state index contributed by atoms with van der Waals surface area (Å²) in [4.78, 5) is 22.2. The summed E-state index contributed by atoms with van der Waals surface area (Å²) in [5.74, 6) is -0.616. The lowest BCUT2D eigenvalue weighted by molar-refractivity contribution is -0.118. The van der Waals surface area contributed by atoms with Crippen LogP contribution in [0.15, 0.2) is 54.6 Å². The third-order valence-corrected chi connectivity index (χ3v) is 8.80. The van der Waals surface area contributed by atoms with E-state index < -0.39 is 0 Å². The van der Waals surface area contributed by atoms with Gasteiger partial charge >= 0.3 is 0 Å². The van der Waals surface area contributed by atoms with Gasteiger partial charge in [0.05, 0.1) is 22.8 Å². The number of fused-ring (bicyclic) bond motifs is 1. The summed E-state index contributed by atoms with van der Waals surface area (Å²) in [5, 5.41) is 3.03. The first-order valence-electron chi connectivity index (χ1n) is 14.1. The van der Waals surface area contributed by atoms with E-state index in [0.717, 1.165) is 49.8 Å². The molecular formula is C32H38FN5O. The smallest absolute Gasteiger partial charge is 0.231 e. The zero-order valence-electron chi connectivity index (χ0n) is 22.8. The summed E-state index contributed by atoms with van der Waals surface area (Å²) in [6, 6.07) is 14.9. The zero-order chi connectivity index (χ0) is 27.1. The number of H-pyrrole nitrogens is 1. The van der Waals surface area contributed by atoms with Crippen molar-refractivity contribution in [1.82, 2.24) is 14.8 Å². The van der Waals surface area contributed by atoms with Gasteiger partial charge in [0.2, 0.25) is 5.91 Å². The highest BCUT2D eigenvalue weighted by molar-refractivity contribution is 5.97. The fourth-order valence-corrected chi connectivity index (χ4v) is 6.00. The maximum absolute atomic E-state index is 13.3. The van der Waals surface area contributed by atoms with Crippen LogP contribution < -0.4 is 11.1 Å². The highest BCUT2D eigenvalue weighted by Crippen LogP contribution is 2.35. The molecule has 3 aromatic rings. The number of hydrogen-bond donors (Lipinski definition) is 3. The molecule has 0 spiro atoms. The standard InChI is InChI=1S/C32H38FN5O/c1-32(2,38-17-15-37(16-18-38)26-11-12-26)30-20-24-4-3-22(8-14-28(24)35-30)31(39)36-29-19-23(7-13-27(29)34)21-5-9-25(33)10-6-21/h3-7,9-10,13,19-20,22,26,35H,8,11-12,14-18,34H2,1-2H3,(H,36,39). The molecule has 0 bridgehead atoms.